The molecular weight excluding hydrogens is 282 g/mol. The molecule has 0 atom stereocenters. The summed E-state index contributed by atoms with van der Waals surface area (Å²) in [5.41, 5.74) is -0.0934. The third-order valence-electron chi connectivity index (χ3n) is 3.28. The van der Waals surface area contributed by atoms with Crippen molar-refractivity contribution in [3.05, 3.63) is 27.9 Å². The van der Waals surface area contributed by atoms with Crippen molar-refractivity contribution in [2.45, 2.75) is 17.6 Å². The first kappa shape index (κ1) is 14.6. The van der Waals surface area contributed by atoms with E-state index in [-0.39, 0.29) is 21.9 Å². The van der Waals surface area contributed by atoms with E-state index in [2.05, 4.69) is 15.0 Å². The number of esters is 1. The largest absolute Gasteiger partial charge is 0.464 e. The van der Waals surface area contributed by atoms with Crippen LogP contribution in [0.2, 0.25) is 0 Å². The van der Waals surface area contributed by atoms with E-state index in [1.807, 2.05) is 6.26 Å². The minimum absolute atomic E-state index is 0.0506. The second kappa shape index (κ2) is 5.66. The van der Waals surface area contributed by atoms with E-state index in [1.54, 1.807) is 11.8 Å². The number of carbonyl (C=O) groups excluding carboxylic acids is 1. The predicted octanol–water partition coefficient (Wildman–Crippen LogP) is 2.08. The Hall–Kier alpha value is -1.83. The van der Waals surface area contributed by atoms with Crippen molar-refractivity contribution in [2.75, 3.05) is 25.2 Å². The molecule has 0 aromatic carbocycles. The molecule has 1 aliphatic carbocycles. The maximum atomic E-state index is 11.4. The van der Waals surface area contributed by atoms with Crippen LogP contribution in [0.25, 0.3) is 0 Å². The normalized spacial score (nSPS) is 15.5. The molecule has 0 amide bonds. The molecule has 0 radical (unpaired) electrons. The first-order valence-electron chi connectivity index (χ1n) is 6.04. The molecular formula is C12H15N3O4S. The molecule has 0 spiro atoms. The maximum Gasteiger partial charge on any atom is 0.356 e. The molecule has 0 aliphatic heterocycles. The molecule has 20 heavy (non-hydrogen) atoms. The smallest absolute Gasteiger partial charge is 0.356 e. The van der Waals surface area contributed by atoms with Gasteiger partial charge in [-0.3, -0.25) is 10.1 Å². The summed E-state index contributed by atoms with van der Waals surface area (Å²) in [5.74, 6) is -0.507. The quantitative estimate of drug-likeness (QED) is 0.488. The number of nitro groups is 1. The molecule has 7 nitrogen and oxygen atoms in total. The molecule has 0 unspecified atom stereocenters. The molecule has 8 heteroatoms. The van der Waals surface area contributed by atoms with Crippen LogP contribution in [0.15, 0.2) is 12.1 Å². The van der Waals surface area contributed by atoms with Crippen molar-refractivity contribution in [2.24, 2.45) is 0 Å². The summed E-state index contributed by atoms with van der Waals surface area (Å²) in [4.78, 5) is 25.9. The monoisotopic (exact) mass is 297 g/mol. The molecule has 1 saturated carbocycles. The zero-order valence-corrected chi connectivity index (χ0v) is 12.0. The summed E-state index contributed by atoms with van der Waals surface area (Å²) in [5, 5.41) is 14.0. The molecule has 2 rings (SSSR count). The summed E-state index contributed by atoms with van der Waals surface area (Å²) in [6.07, 6.45) is 4.17. The zero-order chi connectivity index (χ0) is 14.8. The number of methoxy groups -OCH3 is 1. The summed E-state index contributed by atoms with van der Waals surface area (Å²) in [6, 6.07) is 2.55. The van der Waals surface area contributed by atoms with Crippen LogP contribution in [-0.4, -0.2) is 40.5 Å². The lowest BCUT2D eigenvalue weighted by Crippen LogP contribution is -2.19. The Bertz CT molecular complexity index is 546. The standard InChI is InChI=1S/C12H15N3O4S/c1-19-11(16)8-3-4-9(15(17)18)10(14-8)13-7-12(20-2)5-6-12/h3-4H,5-7H2,1-2H3,(H,13,14). The highest BCUT2D eigenvalue weighted by atomic mass is 32.2. The lowest BCUT2D eigenvalue weighted by Gasteiger charge is -2.13. The van der Waals surface area contributed by atoms with Crippen LogP contribution in [0.4, 0.5) is 11.5 Å². The average Bonchev–Trinajstić information content (AvgIpc) is 3.24. The number of thioether (sulfide) groups is 1. The molecule has 1 fully saturated rings. The Labute approximate surface area is 120 Å². The number of ether oxygens (including phenoxy) is 1. The summed E-state index contributed by atoms with van der Waals surface area (Å²) < 4.78 is 4.70. The van der Waals surface area contributed by atoms with Gasteiger partial charge in [-0.2, -0.15) is 11.8 Å². The first-order chi connectivity index (χ1) is 9.51. The van der Waals surface area contributed by atoms with Crippen LogP contribution in [0.1, 0.15) is 23.3 Å². The van der Waals surface area contributed by atoms with E-state index in [0.29, 0.717) is 6.54 Å². The van der Waals surface area contributed by atoms with Crippen molar-refractivity contribution in [1.82, 2.24) is 4.98 Å². The molecule has 0 bridgehead atoms. The number of hydrogen-bond acceptors (Lipinski definition) is 7. The van der Waals surface area contributed by atoms with Crippen molar-refractivity contribution >= 4 is 29.2 Å². The second-order valence-corrected chi connectivity index (χ2v) is 5.83. The molecule has 108 valence electrons. The number of aromatic nitrogens is 1. The summed E-state index contributed by atoms with van der Waals surface area (Å²) in [7, 11) is 1.24. The van der Waals surface area contributed by atoms with E-state index in [0.717, 1.165) is 12.8 Å². The van der Waals surface area contributed by atoms with Crippen molar-refractivity contribution in [3.63, 3.8) is 0 Å². The average molecular weight is 297 g/mol. The number of nitrogens with one attached hydrogen (secondary N) is 1. The first-order valence-corrected chi connectivity index (χ1v) is 7.26. The van der Waals surface area contributed by atoms with Gasteiger partial charge in [0.05, 0.1) is 12.0 Å². The van der Waals surface area contributed by atoms with Gasteiger partial charge in [0.25, 0.3) is 0 Å². The minimum Gasteiger partial charge on any atom is -0.464 e. The Kier molecular flexibility index (Phi) is 4.12. The number of nitrogens with zero attached hydrogens (tertiary/aromatic N) is 2. The van der Waals surface area contributed by atoms with E-state index >= 15 is 0 Å². The van der Waals surface area contributed by atoms with Gasteiger partial charge in [0, 0.05) is 17.4 Å². The van der Waals surface area contributed by atoms with Gasteiger partial charge in [-0.1, -0.05) is 0 Å². The molecule has 1 aromatic rings. The van der Waals surface area contributed by atoms with Gasteiger partial charge in [-0.15, -0.1) is 0 Å². The highest BCUT2D eigenvalue weighted by molar-refractivity contribution is 8.00. The van der Waals surface area contributed by atoms with E-state index in [9.17, 15) is 14.9 Å². The Morgan fingerprint density at radius 1 is 1.60 bits per heavy atom. The zero-order valence-electron chi connectivity index (χ0n) is 11.2. The molecule has 1 N–H and O–H groups in total. The molecule has 1 heterocycles. The van der Waals surface area contributed by atoms with Gasteiger partial charge >= 0.3 is 11.7 Å². The summed E-state index contributed by atoms with van der Waals surface area (Å²) in [6.45, 7) is 0.590. The van der Waals surface area contributed by atoms with Gasteiger partial charge in [-0.25, -0.2) is 9.78 Å². The summed E-state index contributed by atoms with van der Waals surface area (Å²) >= 11 is 1.73. The molecule has 1 aromatic heterocycles. The molecule has 0 saturated heterocycles. The highest BCUT2D eigenvalue weighted by Gasteiger charge is 2.42. The van der Waals surface area contributed by atoms with E-state index < -0.39 is 10.9 Å². The van der Waals surface area contributed by atoms with Crippen LogP contribution in [0.3, 0.4) is 0 Å². The fraction of sp³-hybridized carbons (Fsp3) is 0.500. The minimum atomic E-state index is -0.617. The maximum absolute atomic E-state index is 11.4. The van der Waals surface area contributed by atoms with Crippen molar-refractivity contribution in [1.29, 1.82) is 0 Å². The number of rotatable bonds is 6. The van der Waals surface area contributed by atoms with Crippen LogP contribution in [-0.2, 0) is 4.74 Å². The topological polar surface area (TPSA) is 94.4 Å². The predicted molar refractivity (Wildman–Crippen MR) is 76.2 cm³/mol. The molecule has 1 aliphatic rings. The lowest BCUT2D eigenvalue weighted by atomic mass is 10.3. The van der Waals surface area contributed by atoms with E-state index in [1.165, 1.54) is 19.2 Å². The SMILES string of the molecule is COC(=O)c1ccc([N+](=O)[O-])c(NCC2(SC)CC2)n1. The number of hydrogen-bond donors (Lipinski definition) is 1. The fourth-order valence-electron chi connectivity index (χ4n) is 1.78. The third-order valence-corrected chi connectivity index (χ3v) is 4.70. The third kappa shape index (κ3) is 3.01. The van der Waals surface area contributed by atoms with Gasteiger partial charge in [0.15, 0.2) is 5.69 Å². The Morgan fingerprint density at radius 2 is 2.30 bits per heavy atom. The Balaban J connectivity index is 2.22. The highest BCUT2D eigenvalue weighted by Crippen LogP contribution is 2.47. The van der Waals surface area contributed by atoms with Crippen molar-refractivity contribution < 1.29 is 14.5 Å². The van der Waals surface area contributed by atoms with E-state index in [4.69, 9.17) is 0 Å². The second-order valence-electron chi connectivity index (χ2n) is 4.55. The van der Waals surface area contributed by atoms with Gasteiger partial charge in [-0.05, 0) is 25.2 Å². The van der Waals surface area contributed by atoms with Gasteiger partial charge in [0.2, 0.25) is 5.82 Å². The number of carbonyl (C=O) groups is 1. The number of pyridine rings is 1. The van der Waals surface area contributed by atoms with Crippen LogP contribution in [0, 0.1) is 10.1 Å². The van der Waals surface area contributed by atoms with Crippen LogP contribution in [0.5, 0.6) is 0 Å². The van der Waals surface area contributed by atoms with Gasteiger partial charge in [0.1, 0.15) is 0 Å². The fourth-order valence-corrected chi connectivity index (χ4v) is 2.51. The number of anilines is 1. The van der Waals surface area contributed by atoms with Crippen LogP contribution < -0.4 is 5.32 Å². The Morgan fingerprint density at radius 3 is 2.80 bits per heavy atom. The van der Waals surface area contributed by atoms with Gasteiger partial charge < -0.3 is 10.1 Å². The van der Waals surface area contributed by atoms with Crippen LogP contribution >= 0.6 is 11.8 Å². The lowest BCUT2D eigenvalue weighted by molar-refractivity contribution is -0.384. The van der Waals surface area contributed by atoms with Crippen molar-refractivity contribution in [3.8, 4) is 0 Å².